The average molecular weight is 173 g/mol. The van der Waals surface area contributed by atoms with Crippen LogP contribution < -0.4 is 5.43 Å². The molecule has 0 atom stereocenters. The van der Waals surface area contributed by atoms with Gasteiger partial charge >= 0.3 is 0 Å². The molecule has 1 aliphatic heterocycles. The van der Waals surface area contributed by atoms with Crippen LogP contribution in [0.1, 0.15) is 41.0 Å². The molecular formula is C9H23N3. The standard InChI is InChI=1S/C5H11N3.2C2H6/c1-3-5-7-6-4-8(5)2;2*1-2/h6H,3-4H2,1-2H3;2*1-2H3. The smallest absolute Gasteiger partial charge is 0.125 e. The van der Waals surface area contributed by atoms with Crippen molar-refractivity contribution in [1.29, 1.82) is 0 Å². The number of hydrazone groups is 1. The van der Waals surface area contributed by atoms with Crippen LogP contribution in [0, 0.1) is 0 Å². The van der Waals surface area contributed by atoms with Gasteiger partial charge in [-0.05, 0) is 0 Å². The van der Waals surface area contributed by atoms with Crippen LogP contribution in [0.4, 0.5) is 0 Å². The molecule has 1 aliphatic rings. The van der Waals surface area contributed by atoms with Crippen molar-refractivity contribution in [2.24, 2.45) is 5.10 Å². The van der Waals surface area contributed by atoms with Gasteiger partial charge < -0.3 is 4.90 Å². The van der Waals surface area contributed by atoms with E-state index in [0.717, 1.165) is 18.9 Å². The van der Waals surface area contributed by atoms with E-state index >= 15 is 0 Å². The molecule has 0 aromatic heterocycles. The molecule has 0 radical (unpaired) electrons. The average Bonchev–Trinajstić information content (AvgIpc) is 2.58. The predicted octanol–water partition coefficient (Wildman–Crippen LogP) is 2.25. The Morgan fingerprint density at radius 1 is 1.33 bits per heavy atom. The fourth-order valence-corrected chi connectivity index (χ4v) is 0.758. The number of nitrogens with zero attached hydrogens (tertiary/aromatic N) is 2. The van der Waals surface area contributed by atoms with E-state index in [-0.39, 0.29) is 0 Å². The molecule has 0 aromatic rings. The lowest BCUT2D eigenvalue weighted by Gasteiger charge is -2.08. The molecule has 0 saturated heterocycles. The molecule has 3 heteroatoms. The highest BCUT2D eigenvalue weighted by atomic mass is 15.5. The Hall–Kier alpha value is -0.730. The van der Waals surface area contributed by atoms with Crippen molar-refractivity contribution in [2.45, 2.75) is 41.0 Å². The van der Waals surface area contributed by atoms with E-state index in [9.17, 15) is 0 Å². The molecule has 0 aliphatic carbocycles. The highest BCUT2D eigenvalue weighted by molar-refractivity contribution is 5.82. The summed E-state index contributed by atoms with van der Waals surface area (Å²) in [5.41, 5.74) is 2.89. The maximum Gasteiger partial charge on any atom is 0.125 e. The van der Waals surface area contributed by atoms with Crippen LogP contribution in [0.5, 0.6) is 0 Å². The maximum absolute atomic E-state index is 4.03. The Labute approximate surface area is 76.8 Å². The zero-order valence-corrected chi connectivity index (χ0v) is 9.31. The summed E-state index contributed by atoms with van der Waals surface area (Å²) in [7, 11) is 2.03. The summed E-state index contributed by atoms with van der Waals surface area (Å²) < 4.78 is 0. The second-order valence-electron chi connectivity index (χ2n) is 1.90. The van der Waals surface area contributed by atoms with Gasteiger partial charge in [-0.1, -0.05) is 34.6 Å². The van der Waals surface area contributed by atoms with Crippen molar-refractivity contribution in [2.75, 3.05) is 13.7 Å². The number of nitrogens with one attached hydrogen (secondary N) is 1. The molecule has 0 spiro atoms. The molecule has 1 rings (SSSR count). The van der Waals surface area contributed by atoms with Gasteiger partial charge in [-0.25, -0.2) is 0 Å². The van der Waals surface area contributed by atoms with Crippen molar-refractivity contribution < 1.29 is 0 Å². The zero-order chi connectivity index (χ0) is 9.98. The van der Waals surface area contributed by atoms with Gasteiger partial charge in [-0.2, -0.15) is 5.10 Å². The van der Waals surface area contributed by atoms with Gasteiger partial charge in [0.1, 0.15) is 12.5 Å². The SMILES string of the molecule is CC.CC.CCC1=NNCN1C. The molecule has 3 nitrogen and oxygen atoms in total. The first-order valence-electron chi connectivity index (χ1n) is 4.85. The fourth-order valence-electron chi connectivity index (χ4n) is 0.758. The Balaban J connectivity index is 0. The van der Waals surface area contributed by atoms with Crippen LogP contribution in [0.15, 0.2) is 5.10 Å². The molecule has 1 N–H and O–H groups in total. The van der Waals surface area contributed by atoms with Crippen LogP contribution in [-0.4, -0.2) is 24.5 Å². The fraction of sp³-hybridized carbons (Fsp3) is 0.889. The van der Waals surface area contributed by atoms with Gasteiger partial charge in [0.25, 0.3) is 0 Å². The number of rotatable bonds is 1. The van der Waals surface area contributed by atoms with Crippen molar-refractivity contribution in [3.05, 3.63) is 0 Å². The van der Waals surface area contributed by atoms with E-state index in [1.54, 1.807) is 0 Å². The molecule has 74 valence electrons. The maximum atomic E-state index is 4.03. The molecular weight excluding hydrogens is 150 g/mol. The summed E-state index contributed by atoms with van der Waals surface area (Å²) in [6.45, 7) is 11.0. The van der Waals surface area contributed by atoms with Crippen molar-refractivity contribution in [3.63, 3.8) is 0 Å². The minimum atomic E-state index is 0.864. The molecule has 0 aromatic carbocycles. The van der Waals surface area contributed by atoms with Crippen molar-refractivity contribution in [3.8, 4) is 0 Å². The molecule has 0 unspecified atom stereocenters. The number of amidine groups is 1. The first-order chi connectivity index (χ1) is 5.84. The van der Waals surface area contributed by atoms with Crippen LogP contribution in [0.25, 0.3) is 0 Å². The highest BCUT2D eigenvalue weighted by Gasteiger charge is 2.07. The third kappa shape index (κ3) is 4.99. The van der Waals surface area contributed by atoms with E-state index in [0.29, 0.717) is 0 Å². The lowest BCUT2D eigenvalue weighted by atomic mass is 10.4. The molecule has 0 fully saturated rings. The third-order valence-electron chi connectivity index (χ3n) is 1.27. The second-order valence-corrected chi connectivity index (χ2v) is 1.90. The third-order valence-corrected chi connectivity index (χ3v) is 1.27. The lowest BCUT2D eigenvalue weighted by molar-refractivity contribution is 0.500. The second kappa shape index (κ2) is 10.3. The summed E-state index contributed by atoms with van der Waals surface area (Å²) in [5.74, 6) is 1.14. The normalized spacial score (nSPS) is 13.2. The Kier molecular flexibility index (Phi) is 11.8. The van der Waals surface area contributed by atoms with Gasteiger partial charge in [0.15, 0.2) is 0 Å². The predicted molar refractivity (Wildman–Crippen MR) is 56.2 cm³/mol. The number of hydrogen-bond acceptors (Lipinski definition) is 3. The van der Waals surface area contributed by atoms with Crippen molar-refractivity contribution in [1.82, 2.24) is 10.3 Å². The van der Waals surface area contributed by atoms with Crippen LogP contribution >= 0.6 is 0 Å². The van der Waals surface area contributed by atoms with Crippen LogP contribution in [-0.2, 0) is 0 Å². The summed E-state index contributed by atoms with van der Waals surface area (Å²) >= 11 is 0. The van der Waals surface area contributed by atoms with Crippen LogP contribution in [0.3, 0.4) is 0 Å². The molecule has 0 bridgehead atoms. The van der Waals surface area contributed by atoms with E-state index in [4.69, 9.17) is 0 Å². The van der Waals surface area contributed by atoms with Crippen molar-refractivity contribution >= 4 is 5.84 Å². The molecule has 0 amide bonds. The van der Waals surface area contributed by atoms with E-state index < -0.39 is 0 Å². The van der Waals surface area contributed by atoms with Crippen LogP contribution in [0.2, 0.25) is 0 Å². The quantitative estimate of drug-likeness (QED) is 0.658. The zero-order valence-electron chi connectivity index (χ0n) is 9.31. The van der Waals surface area contributed by atoms with E-state index in [2.05, 4.69) is 22.4 Å². The van der Waals surface area contributed by atoms with E-state index in [1.165, 1.54) is 0 Å². The van der Waals surface area contributed by atoms with Gasteiger partial charge in [0.05, 0.1) is 0 Å². The molecule has 0 saturated carbocycles. The van der Waals surface area contributed by atoms with Gasteiger partial charge in [-0.3, -0.25) is 5.43 Å². The summed E-state index contributed by atoms with van der Waals surface area (Å²) in [5, 5.41) is 4.03. The Bertz CT molecular complexity index is 110. The monoisotopic (exact) mass is 173 g/mol. The summed E-state index contributed by atoms with van der Waals surface area (Å²) in [4.78, 5) is 2.10. The summed E-state index contributed by atoms with van der Waals surface area (Å²) in [6, 6.07) is 0. The van der Waals surface area contributed by atoms with Gasteiger partial charge in [-0.15, -0.1) is 0 Å². The molecule has 1 heterocycles. The Morgan fingerprint density at radius 3 is 2.00 bits per heavy atom. The number of hydrogen-bond donors (Lipinski definition) is 1. The lowest BCUT2D eigenvalue weighted by Crippen LogP contribution is -2.23. The topological polar surface area (TPSA) is 27.6 Å². The molecule has 12 heavy (non-hydrogen) atoms. The van der Waals surface area contributed by atoms with E-state index in [1.807, 2.05) is 34.7 Å². The first kappa shape index (κ1) is 13.8. The minimum Gasteiger partial charge on any atom is -0.343 e. The first-order valence-corrected chi connectivity index (χ1v) is 4.85. The Morgan fingerprint density at radius 2 is 1.83 bits per heavy atom. The minimum absolute atomic E-state index is 0.864. The van der Waals surface area contributed by atoms with Gasteiger partial charge in [0.2, 0.25) is 0 Å². The largest absolute Gasteiger partial charge is 0.343 e. The van der Waals surface area contributed by atoms with Gasteiger partial charge in [0, 0.05) is 13.5 Å². The highest BCUT2D eigenvalue weighted by Crippen LogP contribution is 1.95. The summed E-state index contributed by atoms with van der Waals surface area (Å²) in [6.07, 6.45) is 1.02.